The fourth-order valence-corrected chi connectivity index (χ4v) is 6.90. The van der Waals surface area contributed by atoms with Crippen LogP contribution in [0.5, 0.6) is 0 Å². The highest BCUT2D eigenvalue weighted by atomic mass is 79.9. The van der Waals surface area contributed by atoms with Gasteiger partial charge in [-0.2, -0.15) is 0 Å². The SMILES string of the molecule is CCC(N)(CC)CSN1CCC(c2ccc(Sc3ccccc3)cc2)=Nc2ccccc21.O=C(O)c1ccccc1Br. The molecule has 0 saturated heterocycles. The number of aromatic carboxylic acids is 1. The van der Waals surface area contributed by atoms with Crippen molar-refractivity contribution in [3.8, 4) is 0 Å². The average Bonchev–Trinajstić information content (AvgIpc) is 3.21. The second kappa shape index (κ2) is 15.4. The van der Waals surface area contributed by atoms with Gasteiger partial charge in [0.05, 0.1) is 22.6 Å². The lowest BCUT2D eigenvalue weighted by molar-refractivity contribution is 0.0696. The van der Waals surface area contributed by atoms with Gasteiger partial charge in [0.15, 0.2) is 0 Å². The van der Waals surface area contributed by atoms with Crippen LogP contribution in [0, 0.1) is 0 Å². The van der Waals surface area contributed by atoms with Crippen LogP contribution in [0.1, 0.15) is 49.0 Å². The molecule has 1 heterocycles. The quantitative estimate of drug-likeness (QED) is 0.174. The summed E-state index contributed by atoms with van der Waals surface area (Å²) in [7, 11) is 0. The number of hydrogen-bond donors (Lipinski definition) is 2. The predicted molar refractivity (Wildman–Crippen MR) is 183 cm³/mol. The van der Waals surface area contributed by atoms with Gasteiger partial charge in [-0.05, 0) is 94.8 Å². The van der Waals surface area contributed by atoms with Crippen LogP contribution in [0.4, 0.5) is 11.4 Å². The molecule has 0 radical (unpaired) electrons. The molecule has 0 amide bonds. The molecule has 5 rings (SSSR count). The highest BCUT2D eigenvalue weighted by molar-refractivity contribution is 9.10. The lowest BCUT2D eigenvalue weighted by Crippen LogP contribution is -2.42. The average molecular weight is 663 g/mol. The highest BCUT2D eigenvalue weighted by Gasteiger charge is 2.24. The van der Waals surface area contributed by atoms with Gasteiger partial charge in [0.25, 0.3) is 0 Å². The van der Waals surface area contributed by atoms with Crippen LogP contribution >= 0.6 is 39.6 Å². The van der Waals surface area contributed by atoms with Gasteiger partial charge in [-0.15, -0.1) is 0 Å². The van der Waals surface area contributed by atoms with Crippen molar-refractivity contribution >= 4 is 62.7 Å². The summed E-state index contributed by atoms with van der Waals surface area (Å²) in [5.74, 6) is 0.00203. The number of rotatable bonds is 9. The maximum absolute atomic E-state index is 10.4. The highest BCUT2D eigenvalue weighted by Crippen LogP contribution is 2.37. The second-order valence-electron chi connectivity index (χ2n) is 9.97. The van der Waals surface area contributed by atoms with E-state index in [0.717, 1.165) is 43.0 Å². The zero-order valence-corrected chi connectivity index (χ0v) is 27.1. The van der Waals surface area contributed by atoms with Gasteiger partial charge >= 0.3 is 5.97 Å². The van der Waals surface area contributed by atoms with Crippen LogP contribution in [0.3, 0.4) is 0 Å². The molecule has 0 aromatic heterocycles. The molecule has 218 valence electrons. The monoisotopic (exact) mass is 661 g/mol. The summed E-state index contributed by atoms with van der Waals surface area (Å²) < 4.78 is 3.00. The third-order valence-electron chi connectivity index (χ3n) is 7.14. The molecule has 3 N–H and O–H groups in total. The molecule has 4 aromatic rings. The number of hydrogen-bond acceptors (Lipinski definition) is 6. The molecule has 4 aromatic carbocycles. The van der Waals surface area contributed by atoms with Gasteiger partial charge in [0.2, 0.25) is 0 Å². The number of benzene rings is 4. The summed E-state index contributed by atoms with van der Waals surface area (Å²) in [6.07, 6.45) is 2.88. The normalized spacial score (nSPS) is 12.9. The van der Waals surface area contributed by atoms with E-state index < -0.39 is 5.97 Å². The van der Waals surface area contributed by atoms with Crippen molar-refractivity contribution in [3.63, 3.8) is 0 Å². The van der Waals surface area contributed by atoms with Crippen molar-refractivity contribution in [2.45, 2.75) is 48.4 Å². The third kappa shape index (κ3) is 8.74. The molecular weight excluding hydrogens is 626 g/mol. The van der Waals surface area contributed by atoms with Crippen molar-refractivity contribution in [2.24, 2.45) is 10.7 Å². The molecular formula is C34H36BrN3O2S2. The van der Waals surface area contributed by atoms with Gasteiger partial charge in [0, 0.05) is 38.5 Å². The number of aliphatic imine (C=N–C) groups is 1. The molecule has 0 unspecified atom stereocenters. The minimum Gasteiger partial charge on any atom is -0.478 e. The lowest BCUT2D eigenvalue weighted by atomic mass is 9.97. The summed E-state index contributed by atoms with van der Waals surface area (Å²) in [4.78, 5) is 18.0. The largest absolute Gasteiger partial charge is 0.478 e. The number of nitrogens with zero attached hydrogens (tertiary/aromatic N) is 2. The van der Waals surface area contributed by atoms with E-state index in [9.17, 15) is 4.79 Å². The van der Waals surface area contributed by atoms with E-state index in [2.05, 4.69) is 113 Å². The first-order valence-corrected chi connectivity index (χ1v) is 16.5. The van der Waals surface area contributed by atoms with Crippen LogP contribution in [0.15, 0.2) is 122 Å². The standard InChI is InChI=1S/C27H31N3S2.C7H5BrO2/c1-3-27(28,4-2)20-31-30-19-18-24(29-25-12-8-9-13-26(25)30)21-14-16-23(17-15-21)32-22-10-6-5-7-11-22;8-6-4-2-1-3-5(6)7(9)10/h5-17H,3-4,18-20,28H2,1-2H3;1-4H,(H,9,10). The minimum absolute atomic E-state index is 0.123. The maximum Gasteiger partial charge on any atom is 0.336 e. The molecule has 1 aliphatic rings. The van der Waals surface area contributed by atoms with E-state index in [-0.39, 0.29) is 5.54 Å². The van der Waals surface area contributed by atoms with Crippen molar-refractivity contribution in [1.82, 2.24) is 0 Å². The van der Waals surface area contributed by atoms with Gasteiger partial charge in [-0.3, -0.25) is 4.99 Å². The zero-order valence-electron chi connectivity index (χ0n) is 23.9. The van der Waals surface area contributed by atoms with Crippen LogP contribution in [0.2, 0.25) is 0 Å². The van der Waals surface area contributed by atoms with Crippen LogP contribution < -0.4 is 10.0 Å². The minimum atomic E-state index is -0.910. The van der Waals surface area contributed by atoms with Crippen LogP contribution in [-0.4, -0.2) is 34.6 Å². The molecule has 0 spiro atoms. The Bertz CT molecular complexity index is 1490. The van der Waals surface area contributed by atoms with E-state index in [1.165, 1.54) is 21.0 Å². The zero-order chi connectivity index (χ0) is 30.0. The smallest absolute Gasteiger partial charge is 0.336 e. The molecule has 0 bridgehead atoms. The Hall–Kier alpha value is -3.04. The Labute approximate surface area is 265 Å². The van der Waals surface area contributed by atoms with Gasteiger partial charge in [-0.25, -0.2) is 4.79 Å². The summed E-state index contributed by atoms with van der Waals surface area (Å²) in [6, 6.07) is 34.5. The topological polar surface area (TPSA) is 78.9 Å². The lowest BCUT2D eigenvalue weighted by Gasteiger charge is -2.30. The Balaban J connectivity index is 0.000000343. The summed E-state index contributed by atoms with van der Waals surface area (Å²) in [6.45, 7) is 5.29. The van der Waals surface area contributed by atoms with E-state index in [1.54, 1.807) is 36.0 Å². The number of para-hydroxylation sites is 2. The predicted octanol–water partition coefficient (Wildman–Crippen LogP) is 9.48. The van der Waals surface area contributed by atoms with Gasteiger partial charge in [-0.1, -0.05) is 80.2 Å². The summed E-state index contributed by atoms with van der Waals surface area (Å²) in [5, 5.41) is 8.54. The first kappa shape index (κ1) is 31.9. The molecule has 42 heavy (non-hydrogen) atoms. The summed E-state index contributed by atoms with van der Waals surface area (Å²) >= 11 is 6.74. The van der Waals surface area contributed by atoms with Crippen LogP contribution in [-0.2, 0) is 0 Å². The Morgan fingerprint density at radius 1 is 0.905 bits per heavy atom. The Kier molecular flexibility index (Phi) is 11.7. The first-order valence-electron chi connectivity index (χ1n) is 14.0. The van der Waals surface area contributed by atoms with Crippen molar-refractivity contribution in [2.75, 3.05) is 16.6 Å². The Morgan fingerprint density at radius 2 is 1.52 bits per heavy atom. The Morgan fingerprint density at radius 3 is 2.17 bits per heavy atom. The molecule has 0 atom stereocenters. The number of anilines is 1. The fraction of sp³-hybridized carbons (Fsp3) is 0.235. The number of carboxylic acid groups (broad SMARTS) is 1. The van der Waals surface area contributed by atoms with E-state index in [4.69, 9.17) is 15.8 Å². The maximum atomic E-state index is 10.4. The van der Waals surface area contributed by atoms with Crippen molar-refractivity contribution in [1.29, 1.82) is 0 Å². The second-order valence-corrected chi connectivity index (χ2v) is 13.0. The van der Waals surface area contributed by atoms with Crippen molar-refractivity contribution in [3.05, 3.63) is 119 Å². The third-order valence-corrected chi connectivity index (χ3v) is 10.2. The van der Waals surface area contributed by atoms with E-state index in [1.807, 2.05) is 11.9 Å². The molecule has 8 heteroatoms. The van der Waals surface area contributed by atoms with E-state index in [0.29, 0.717) is 10.0 Å². The molecule has 5 nitrogen and oxygen atoms in total. The molecule has 0 saturated carbocycles. The van der Waals surface area contributed by atoms with Gasteiger partial charge < -0.3 is 15.1 Å². The number of halogens is 1. The first-order chi connectivity index (χ1) is 20.3. The number of carbonyl (C=O) groups is 1. The molecule has 0 fully saturated rings. The molecule has 0 aliphatic carbocycles. The van der Waals surface area contributed by atoms with Gasteiger partial charge in [0.1, 0.15) is 0 Å². The number of carboxylic acids is 1. The number of fused-ring (bicyclic) bond motifs is 1. The fourth-order valence-electron chi connectivity index (χ4n) is 4.28. The van der Waals surface area contributed by atoms with Crippen LogP contribution in [0.25, 0.3) is 0 Å². The molecule has 1 aliphatic heterocycles. The summed E-state index contributed by atoms with van der Waals surface area (Å²) in [5.41, 5.74) is 11.3. The van der Waals surface area contributed by atoms with E-state index >= 15 is 0 Å². The number of nitrogens with two attached hydrogens (primary N) is 1. The van der Waals surface area contributed by atoms with Crippen molar-refractivity contribution < 1.29 is 9.90 Å².